The molecule has 0 unspecified atom stereocenters. The molecule has 144 valence electrons. The lowest BCUT2D eigenvalue weighted by molar-refractivity contribution is -0.151. The molecule has 7 heteroatoms. The van der Waals surface area contributed by atoms with E-state index >= 15 is 0 Å². The molecule has 28 heavy (non-hydrogen) atoms. The van der Waals surface area contributed by atoms with Gasteiger partial charge in [0.2, 0.25) is 0 Å². The van der Waals surface area contributed by atoms with Gasteiger partial charge in [-0.25, -0.2) is 0 Å². The lowest BCUT2D eigenvalue weighted by Crippen LogP contribution is -2.38. The van der Waals surface area contributed by atoms with E-state index in [2.05, 4.69) is 0 Å². The highest BCUT2D eigenvalue weighted by atomic mass is 16.5. The zero-order valence-electron chi connectivity index (χ0n) is 15.6. The van der Waals surface area contributed by atoms with E-state index in [1.54, 1.807) is 25.2 Å². The second-order valence-electron chi connectivity index (χ2n) is 6.49. The van der Waals surface area contributed by atoms with E-state index < -0.39 is 30.8 Å². The quantitative estimate of drug-likeness (QED) is 0.565. The van der Waals surface area contributed by atoms with Crippen molar-refractivity contribution < 1.29 is 23.9 Å². The van der Waals surface area contributed by atoms with Gasteiger partial charge in [0, 0.05) is 7.05 Å². The summed E-state index contributed by atoms with van der Waals surface area (Å²) in [6.07, 6.45) is 0. The maximum atomic E-state index is 12.3. The molecule has 1 aliphatic heterocycles. The molecule has 0 N–H and O–H groups in total. The number of amides is 2. The van der Waals surface area contributed by atoms with E-state index in [1.807, 2.05) is 37.3 Å². The number of carbonyl (C=O) groups is 4. The number of ketones is 1. The third kappa shape index (κ3) is 3.78. The van der Waals surface area contributed by atoms with Crippen LogP contribution in [-0.4, -0.2) is 48.7 Å². The van der Waals surface area contributed by atoms with Gasteiger partial charge in [0.15, 0.2) is 6.61 Å². The van der Waals surface area contributed by atoms with E-state index in [0.29, 0.717) is 5.69 Å². The van der Waals surface area contributed by atoms with Crippen LogP contribution in [0, 0.1) is 0 Å². The maximum absolute atomic E-state index is 12.3. The van der Waals surface area contributed by atoms with Crippen molar-refractivity contribution in [1.29, 1.82) is 0 Å². The van der Waals surface area contributed by atoms with Gasteiger partial charge in [-0.05, 0) is 24.6 Å². The largest absolute Gasteiger partial charge is 0.454 e. The van der Waals surface area contributed by atoms with Crippen molar-refractivity contribution in [3.63, 3.8) is 0 Å². The van der Waals surface area contributed by atoms with Crippen LogP contribution in [0.2, 0.25) is 0 Å². The molecule has 0 aliphatic carbocycles. The summed E-state index contributed by atoms with van der Waals surface area (Å²) in [5, 5.41) is 0. The van der Waals surface area contributed by atoms with Gasteiger partial charge in [-0.3, -0.25) is 24.1 Å². The van der Waals surface area contributed by atoms with Crippen LogP contribution in [0.1, 0.15) is 28.9 Å². The first kappa shape index (κ1) is 19.3. The van der Waals surface area contributed by atoms with Crippen molar-refractivity contribution in [3.05, 3.63) is 65.7 Å². The number of nitrogens with zero attached hydrogens (tertiary/aromatic N) is 2. The Balaban J connectivity index is 1.57. The zero-order valence-corrected chi connectivity index (χ0v) is 15.6. The van der Waals surface area contributed by atoms with Crippen LogP contribution in [0.4, 0.5) is 5.69 Å². The molecule has 1 aliphatic rings. The summed E-state index contributed by atoms with van der Waals surface area (Å²) in [5.41, 5.74) is 1.59. The number of hydrogen-bond acceptors (Lipinski definition) is 5. The molecule has 0 aromatic heterocycles. The minimum atomic E-state index is -0.778. The third-order valence-electron chi connectivity index (χ3n) is 4.78. The Morgan fingerprint density at radius 3 is 2.39 bits per heavy atom. The summed E-state index contributed by atoms with van der Waals surface area (Å²) in [7, 11) is 1.63. The van der Waals surface area contributed by atoms with Gasteiger partial charge < -0.3 is 9.64 Å². The van der Waals surface area contributed by atoms with Crippen LogP contribution >= 0.6 is 0 Å². The number of carbonyl (C=O) groups excluding carboxylic acids is 4. The van der Waals surface area contributed by atoms with Gasteiger partial charge in [-0.1, -0.05) is 42.5 Å². The van der Waals surface area contributed by atoms with Crippen LogP contribution < -0.4 is 4.90 Å². The zero-order chi connectivity index (χ0) is 20.3. The highest BCUT2D eigenvalue weighted by molar-refractivity contribution is 6.52. The Bertz CT molecular complexity index is 925. The molecule has 0 radical (unpaired) electrons. The number of hydrogen-bond donors (Lipinski definition) is 0. The van der Waals surface area contributed by atoms with Gasteiger partial charge in [0.25, 0.3) is 17.6 Å². The van der Waals surface area contributed by atoms with Crippen molar-refractivity contribution in [2.24, 2.45) is 0 Å². The van der Waals surface area contributed by atoms with Gasteiger partial charge in [-0.15, -0.1) is 0 Å². The van der Waals surface area contributed by atoms with Crippen LogP contribution in [0.5, 0.6) is 0 Å². The van der Waals surface area contributed by atoms with Gasteiger partial charge in [0.05, 0.1) is 17.3 Å². The maximum Gasteiger partial charge on any atom is 0.326 e. The molecule has 2 aromatic rings. The van der Waals surface area contributed by atoms with E-state index in [0.717, 1.165) is 10.5 Å². The molecule has 0 bridgehead atoms. The number of likely N-dealkylation sites (N-methyl/N-ethyl adjacent to an activating group) is 1. The predicted octanol–water partition coefficient (Wildman–Crippen LogP) is 1.98. The van der Waals surface area contributed by atoms with E-state index in [4.69, 9.17) is 4.74 Å². The summed E-state index contributed by atoms with van der Waals surface area (Å²) in [4.78, 5) is 51.0. The van der Waals surface area contributed by atoms with Crippen LogP contribution in [-0.2, 0) is 19.1 Å². The smallest absolute Gasteiger partial charge is 0.326 e. The average Bonchev–Trinajstić information content (AvgIpc) is 2.96. The Labute approximate surface area is 162 Å². The Hall–Kier alpha value is -3.48. The first-order valence-electron chi connectivity index (χ1n) is 8.81. The molecule has 7 nitrogen and oxygen atoms in total. The summed E-state index contributed by atoms with van der Waals surface area (Å²) in [6, 6.07) is 15.7. The lowest BCUT2D eigenvalue weighted by Gasteiger charge is -2.25. The molecule has 1 heterocycles. The summed E-state index contributed by atoms with van der Waals surface area (Å²) >= 11 is 0. The van der Waals surface area contributed by atoms with Crippen molar-refractivity contribution in [2.45, 2.75) is 13.0 Å². The third-order valence-corrected chi connectivity index (χ3v) is 4.78. The molecule has 0 saturated heterocycles. The average molecular weight is 380 g/mol. The summed E-state index contributed by atoms with van der Waals surface area (Å²) < 4.78 is 5.04. The highest BCUT2D eigenvalue weighted by Crippen LogP contribution is 2.28. The fourth-order valence-corrected chi connectivity index (χ4v) is 3.00. The Kier molecular flexibility index (Phi) is 5.54. The molecule has 3 rings (SSSR count). The van der Waals surface area contributed by atoms with Gasteiger partial charge in [0.1, 0.15) is 6.54 Å². The van der Waals surface area contributed by atoms with Gasteiger partial charge in [-0.2, -0.15) is 0 Å². The molecule has 1 atom stereocenters. The van der Waals surface area contributed by atoms with Crippen molar-refractivity contribution in [3.8, 4) is 0 Å². The van der Waals surface area contributed by atoms with E-state index in [9.17, 15) is 19.2 Å². The minimum absolute atomic E-state index is 0.183. The lowest BCUT2D eigenvalue weighted by atomic mass is 10.1. The number of esters is 1. The number of ether oxygens (including phenoxy) is 1. The molecular weight excluding hydrogens is 360 g/mol. The van der Waals surface area contributed by atoms with Crippen LogP contribution in [0.25, 0.3) is 0 Å². The standard InChI is InChI=1S/C21H20N2O5/c1-14(15-8-4-3-5-9-15)22(2)18(24)13-28-19(25)12-23-17-11-7-6-10-16(17)20(26)21(23)27/h3-11,14H,12-13H2,1-2H3/t14-/m0/s1. The fourth-order valence-electron chi connectivity index (χ4n) is 3.00. The number of benzene rings is 2. The van der Waals surface area contributed by atoms with Crippen molar-refractivity contribution in [2.75, 3.05) is 25.1 Å². The number of Topliss-reactive ketones (excluding diaryl/α,β-unsaturated/α-hetero) is 1. The molecule has 0 spiro atoms. The highest BCUT2D eigenvalue weighted by Gasteiger charge is 2.36. The summed E-state index contributed by atoms with van der Waals surface area (Å²) in [6.45, 7) is 1.01. The first-order valence-corrected chi connectivity index (χ1v) is 8.81. The summed E-state index contributed by atoms with van der Waals surface area (Å²) in [5.74, 6) is -2.56. The first-order chi connectivity index (χ1) is 13.4. The Morgan fingerprint density at radius 1 is 1.04 bits per heavy atom. The van der Waals surface area contributed by atoms with Gasteiger partial charge >= 0.3 is 5.97 Å². The van der Waals surface area contributed by atoms with E-state index in [1.165, 1.54) is 11.0 Å². The van der Waals surface area contributed by atoms with Crippen molar-refractivity contribution >= 4 is 29.3 Å². The molecule has 0 saturated carbocycles. The topological polar surface area (TPSA) is 84.0 Å². The minimum Gasteiger partial charge on any atom is -0.454 e. The number of rotatable bonds is 6. The number of para-hydroxylation sites is 1. The van der Waals surface area contributed by atoms with E-state index in [-0.39, 0.29) is 17.5 Å². The monoisotopic (exact) mass is 380 g/mol. The normalized spacial score (nSPS) is 13.9. The molecule has 2 aromatic carbocycles. The van der Waals surface area contributed by atoms with Crippen LogP contribution in [0.3, 0.4) is 0 Å². The molecule has 0 fully saturated rings. The molecule has 2 amide bonds. The predicted molar refractivity (Wildman–Crippen MR) is 102 cm³/mol. The fraction of sp³-hybridized carbons (Fsp3) is 0.238. The SMILES string of the molecule is C[C@@H](c1ccccc1)N(C)C(=O)COC(=O)CN1C(=O)C(=O)c2ccccc21. The molecular formula is C21H20N2O5. The van der Waals surface area contributed by atoms with Crippen molar-refractivity contribution in [1.82, 2.24) is 4.90 Å². The number of anilines is 1. The number of fused-ring (bicyclic) bond motifs is 1. The second-order valence-corrected chi connectivity index (χ2v) is 6.49. The Morgan fingerprint density at radius 2 is 1.68 bits per heavy atom. The second kappa shape index (κ2) is 8.04. The van der Waals surface area contributed by atoms with Crippen LogP contribution in [0.15, 0.2) is 54.6 Å².